The molecule has 0 heterocycles. The van der Waals surface area contributed by atoms with Gasteiger partial charge in [-0.15, -0.1) is 0 Å². The van der Waals surface area contributed by atoms with Gasteiger partial charge in [-0.2, -0.15) is 0 Å². The fourth-order valence-corrected chi connectivity index (χ4v) is 1.75. The van der Waals surface area contributed by atoms with E-state index in [0.29, 0.717) is 23.2 Å². The Balaban J connectivity index is 2.33. The number of hydrogen-bond acceptors (Lipinski definition) is 2. The van der Waals surface area contributed by atoms with Crippen LogP contribution < -0.4 is 4.74 Å². The summed E-state index contributed by atoms with van der Waals surface area (Å²) < 4.78 is 31.3. The number of aldehydes is 1. The maximum atomic E-state index is 13.5. The third kappa shape index (κ3) is 3.29. The van der Waals surface area contributed by atoms with Crippen LogP contribution in [-0.4, -0.2) is 13.4 Å². The maximum Gasteiger partial charge on any atom is 0.150 e. The Bertz CT molecular complexity index is 664. The summed E-state index contributed by atoms with van der Waals surface area (Å²) in [6.07, 6.45) is 3.85. The molecule has 4 heteroatoms. The van der Waals surface area contributed by atoms with E-state index in [1.54, 1.807) is 24.3 Å². The van der Waals surface area contributed by atoms with Crippen LogP contribution in [0.4, 0.5) is 8.78 Å². The Labute approximate surface area is 115 Å². The van der Waals surface area contributed by atoms with Crippen molar-refractivity contribution in [3.8, 4) is 5.75 Å². The van der Waals surface area contributed by atoms with Crippen LogP contribution in [-0.2, 0) is 0 Å². The van der Waals surface area contributed by atoms with Crippen molar-refractivity contribution in [2.24, 2.45) is 0 Å². The lowest BCUT2D eigenvalue weighted by atomic mass is 10.1. The molecule has 0 saturated carbocycles. The first-order valence-electron chi connectivity index (χ1n) is 5.90. The molecule has 2 rings (SSSR count). The summed E-state index contributed by atoms with van der Waals surface area (Å²) in [5, 5.41) is 0. The van der Waals surface area contributed by atoms with Crippen LogP contribution in [0, 0.1) is 11.6 Å². The topological polar surface area (TPSA) is 26.3 Å². The second kappa shape index (κ2) is 6.10. The van der Waals surface area contributed by atoms with Gasteiger partial charge < -0.3 is 4.74 Å². The van der Waals surface area contributed by atoms with Gasteiger partial charge in [0, 0.05) is 17.2 Å². The summed E-state index contributed by atoms with van der Waals surface area (Å²) in [6, 6.07) is 8.32. The maximum absolute atomic E-state index is 13.5. The molecule has 0 unspecified atom stereocenters. The number of methoxy groups -OCH3 is 1. The molecule has 2 aromatic carbocycles. The highest BCUT2D eigenvalue weighted by Gasteiger charge is 2.01. The van der Waals surface area contributed by atoms with Gasteiger partial charge in [0.15, 0.2) is 0 Å². The van der Waals surface area contributed by atoms with Crippen molar-refractivity contribution in [2.75, 3.05) is 7.11 Å². The molecule has 0 aromatic heterocycles. The molecular formula is C16H12F2O2. The summed E-state index contributed by atoms with van der Waals surface area (Å²) in [6.45, 7) is 0. The van der Waals surface area contributed by atoms with Crippen molar-refractivity contribution < 1.29 is 18.3 Å². The molecule has 0 aliphatic carbocycles. The number of rotatable bonds is 4. The fraction of sp³-hybridized carbons (Fsp3) is 0.0625. The first-order chi connectivity index (χ1) is 9.62. The molecule has 0 saturated heterocycles. The Morgan fingerprint density at radius 2 is 1.75 bits per heavy atom. The Morgan fingerprint density at radius 1 is 1.00 bits per heavy atom. The Kier molecular flexibility index (Phi) is 4.25. The van der Waals surface area contributed by atoms with Gasteiger partial charge in [0.05, 0.1) is 7.11 Å². The molecule has 0 amide bonds. The van der Waals surface area contributed by atoms with E-state index >= 15 is 0 Å². The summed E-state index contributed by atoms with van der Waals surface area (Å²) in [5.74, 6) is -0.724. The first kappa shape index (κ1) is 13.9. The SMILES string of the molecule is COc1cc(C=O)cc(/C=C/c2ccc(F)cc2F)c1. The van der Waals surface area contributed by atoms with Crippen LogP contribution in [0.2, 0.25) is 0 Å². The molecule has 0 aliphatic heterocycles. The summed E-state index contributed by atoms with van der Waals surface area (Å²) in [5.41, 5.74) is 1.42. The summed E-state index contributed by atoms with van der Waals surface area (Å²) >= 11 is 0. The highest BCUT2D eigenvalue weighted by atomic mass is 19.1. The minimum Gasteiger partial charge on any atom is -0.497 e. The average Bonchev–Trinajstić information content (AvgIpc) is 2.46. The fourth-order valence-electron chi connectivity index (χ4n) is 1.75. The molecule has 0 radical (unpaired) electrons. The van der Waals surface area contributed by atoms with Crippen LogP contribution in [0.25, 0.3) is 12.2 Å². The van der Waals surface area contributed by atoms with Gasteiger partial charge in [-0.05, 0) is 35.9 Å². The van der Waals surface area contributed by atoms with Crippen molar-refractivity contribution in [1.82, 2.24) is 0 Å². The van der Waals surface area contributed by atoms with Crippen molar-refractivity contribution in [3.05, 3.63) is 64.7 Å². The van der Waals surface area contributed by atoms with Gasteiger partial charge in [0.25, 0.3) is 0 Å². The van der Waals surface area contributed by atoms with E-state index < -0.39 is 11.6 Å². The average molecular weight is 274 g/mol. The predicted molar refractivity (Wildman–Crippen MR) is 73.7 cm³/mol. The normalized spacial score (nSPS) is 10.8. The third-order valence-electron chi connectivity index (χ3n) is 2.74. The van der Waals surface area contributed by atoms with Gasteiger partial charge in [0.2, 0.25) is 0 Å². The van der Waals surface area contributed by atoms with Crippen LogP contribution in [0.15, 0.2) is 36.4 Å². The zero-order chi connectivity index (χ0) is 14.5. The van der Waals surface area contributed by atoms with E-state index in [4.69, 9.17) is 4.74 Å². The van der Waals surface area contributed by atoms with E-state index in [2.05, 4.69) is 0 Å². The van der Waals surface area contributed by atoms with Gasteiger partial charge in [0.1, 0.15) is 23.7 Å². The van der Waals surface area contributed by atoms with E-state index in [-0.39, 0.29) is 5.56 Å². The zero-order valence-electron chi connectivity index (χ0n) is 10.8. The van der Waals surface area contributed by atoms with E-state index in [1.165, 1.54) is 25.3 Å². The van der Waals surface area contributed by atoms with Crippen molar-refractivity contribution in [3.63, 3.8) is 0 Å². The molecule has 0 atom stereocenters. The van der Waals surface area contributed by atoms with Crippen molar-refractivity contribution in [1.29, 1.82) is 0 Å². The molecule has 2 nitrogen and oxygen atoms in total. The molecule has 0 bridgehead atoms. The molecule has 2 aromatic rings. The van der Waals surface area contributed by atoms with Gasteiger partial charge in [-0.1, -0.05) is 12.2 Å². The third-order valence-corrected chi connectivity index (χ3v) is 2.74. The Hall–Kier alpha value is -2.49. The second-order valence-electron chi connectivity index (χ2n) is 4.16. The van der Waals surface area contributed by atoms with E-state index in [9.17, 15) is 13.6 Å². The lowest BCUT2D eigenvalue weighted by Crippen LogP contribution is -1.88. The van der Waals surface area contributed by atoms with Crippen LogP contribution in [0.3, 0.4) is 0 Å². The first-order valence-corrected chi connectivity index (χ1v) is 5.90. The molecule has 0 spiro atoms. The lowest BCUT2D eigenvalue weighted by molar-refractivity contribution is 0.112. The number of ether oxygens (including phenoxy) is 1. The number of carbonyl (C=O) groups excluding carboxylic acids is 1. The quantitative estimate of drug-likeness (QED) is 0.623. The minimum atomic E-state index is -0.639. The number of hydrogen-bond donors (Lipinski definition) is 0. The molecule has 20 heavy (non-hydrogen) atoms. The van der Waals surface area contributed by atoms with Crippen molar-refractivity contribution in [2.45, 2.75) is 0 Å². The van der Waals surface area contributed by atoms with Gasteiger partial charge in [-0.3, -0.25) is 4.79 Å². The van der Waals surface area contributed by atoms with Gasteiger partial charge in [-0.25, -0.2) is 8.78 Å². The molecular weight excluding hydrogens is 262 g/mol. The van der Waals surface area contributed by atoms with Crippen LogP contribution in [0.1, 0.15) is 21.5 Å². The predicted octanol–water partition coefficient (Wildman–Crippen LogP) is 3.96. The standard InChI is InChI=1S/C16H12F2O2/c1-20-15-7-11(6-12(8-15)10-19)2-3-13-4-5-14(17)9-16(13)18/h2-10H,1H3/b3-2+. The number of benzene rings is 2. The van der Waals surface area contributed by atoms with Crippen molar-refractivity contribution >= 4 is 18.4 Å². The largest absolute Gasteiger partial charge is 0.497 e. The van der Waals surface area contributed by atoms with Crippen LogP contribution >= 0.6 is 0 Å². The second-order valence-corrected chi connectivity index (χ2v) is 4.16. The minimum absolute atomic E-state index is 0.266. The Morgan fingerprint density at radius 3 is 2.40 bits per heavy atom. The van der Waals surface area contributed by atoms with E-state index in [1.807, 2.05) is 0 Å². The molecule has 0 aliphatic rings. The molecule has 102 valence electrons. The summed E-state index contributed by atoms with van der Waals surface area (Å²) in [7, 11) is 1.50. The lowest BCUT2D eigenvalue weighted by Gasteiger charge is -2.03. The smallest absolute Gasteiger partial charge is 0.150 e. The number of halogens is 2. The highest BCUT2D eigenvalue weighted by Crippen LogP contribution is 2.19. The summed E-state index contributed by atoms with van der Waals surface area (Å²) in [4.78, 5) is 10.8. The number of carbonyl (C=O) groups is 1. The van der Waals surface area contributed by atoms with Gasteiger partial charge >= 0.3 is 0 Å². The molecule has 0 N–H and O–H groups in total. The monoisotopic (exact) mass is 274 g/mol. The van der Waals surface area contributed by atoms with Crippen LogP contribution in [0.5, 0.6) is 5.75 Å². The van der Waals surface area contributed by atoms with E-state index in [0.717, 1.165) is 6.07 Å². The highest BCUT2D eigenvalue weighted by molar-refractivity contribution is 5.79. The molecule has 0 fully saturated rings. The zero-order valence-corrected chi connectivity index (χ0v) is 10.8.